The number of halogens is 3. The average molecular weight is 232 g/mol. The molecule has 1 atom stereocenters. The Morgan fingerprint density at radius 2 is 2.00 bits per heavy atom. The van der Waals surface area contributed by atoms with E-state index < -0.39 is 28.9 Å². The van der Waals surface area contributed by atoms with Crippen molar-refractivity contribution in [2.24, 2.45) is 0 Å². The average Bonchev–Trinajstić information content (AvgIpc) is 2.24. The van der Waals surface area contributed by atoms with Gasteiger partial charge in [0.1, 0.15) is 6.29 Å². The topological polar surface area (TPSA) is 26.3 Å². The molecule has 0 aliphatic rings. The molecule has 2 nitrogen and oxygen atoms in total. The van der Waals surface area contributed by atoms with Crippen molar-refractivity contribution in [3.05, 3.63) is 29.1 Å². The summed E-state index contributed by atoms with van der Waals surface area (Å²) >= 11 is 0. The van der Waals surface area contributed by atoms with E-state index >= 15 is 0 Å². The molecular formula is C11H11F3O2. The van der Waals surface area contributed by atoms with Crippen LogP contribution in [-0.2, 0) is 4.79 Å². The van der Waals surface area contributed by atoms with E-state index in [9.17, 15) is 18.0 Å². The van der Waals surface area contributed by atoms with Gasteiger partial charge in [0.25, 0.3) is 0 Å². The number of aldehydes is 1. The van der Waals surface area contributed by atoms with Crippen LogP contribution in [-0.4, -0.2) is 13.4 Å². The quantitative estimate of drug-likeness (QED) is 0.589. The molecule has 88 valence electrons. The van der Waals surface area contributed by atoms with Crippen LogP contribution in [0.5, 0.6) is 5.75 Å². The highest BCUT2D eigenvalue weighted by Crippen LogP contribution is 2.31. The van der Waals surface area contributed by atoms with Gasteiger partial charge < -0.3 is 9.53 Å². The number of methoxy groups -OCH3 is 1. The maximum atomic E-state index is 13.6. The van der Waals surface area contributed by atoms with Crippen molar-refractivity contribution in [3.8, 4) is 5.75 Å². The molecule has 1 unspecified atom stereocenters. The van der Waals surface area contributed by atoms with E-state index in [0.29, 0.717) is 12.4 Å². The van der Waals surface area contributed by atoms with Crippen LogP contribution >= 0.6 is 0 Å². The van der Waals surface area contributed by atoms with E-state index in [0.717, 1.165) is 7.11 Å². The highest BCUT2D eigenvalue weighted by molar-refractivity contribution is 5.52. The molecule has 0 fully saturated rings. The van der Waals surface area contributed by atoms with E-state index in [-0.39, 0.29) is 12.2 Å². The van der Waals surface area contributed by atoms with E-state index in [2.05, 4.69) is 4.74 Å². The number of hydrogen-bond acceptors (Lipinski definition) is 2. The molecule has 1 aromatic carbocycles. The first-order valence-electron chi connectivity index (χ1n) is 4.67. The molecular weight excluding hydrogens is 221 g/mol. The van der Waals surface area contributed by atoms with Crippen molar-refractivity contribution in [2.45, 2.75) is 19.3 Å². The van der Waals surface area contributed by atoms with Crippen molar-refractivity contribution in [1.82, 2.24) is 0 Å². The minimum Gasteiger partial charge on any atom is -0.494 e. The molecule has 0 bridgehead atoms. The third kappa shape index (κ3) is 2.18. The number of benzene rings is 1. The van der Waals surface area contributed by atoms with Gasteiger partial charge in [-0.05, 0) is 5.92 Å². The Labute approximate surface area is 91.0 Å². The van der Waals surface area contributed by atoms with Gasteiger partial charge in [-0.15, -0.1) is 0 Å². The van der Waals surface area contributed by atoms with Gasteiger partial charge >= 0.3 is 0 Å². The molecule has 1 aromatic rings. The van der Waals surface area contributed by atoms with Crippen molar-refractivity contribution in [2.75, 3.05) is 7.11 Å². The Morgan fingerprint density at radius 1 is 1.38 bits per heavy atom. The molecule has 5 heteroatoms. The lowest BCUT2D eigenvalue weighted by molar-refractivity contribution is -0.108. The predicted octanol–water partition coefficient (Wildman–Crippen LogP) is 2.81. The lowest BCUT2D eigenvalue weighted by atomic mass is 9.96. The Bertz CT molecular complexity index is 405. The van der Waals surface area contributed by atoms with Crippen LogP contribution in [0.4, 0.5) is 13.2 Å². The van der Waals surface area contributed by atoms with Crippen LogP contribution in [0.2, 0.25) is 0 Å². The molecule has 0 aromatic heterocycles. The summed E-state index contributed by atoms with van der Waals surface area (Å²) in [6.45, 7) is 1.44. The maximum absolute atomic E-state index is 13.6. The fourth-order valence-corrected chi connectivity index (χ4v) is 1.44. The summed E-state index contributed by atoms with van der Waals surface area (Å²) in [5, 5.41) is 0. The first-order valence-corrected chi connectivity index (χ1v) is 4.67. The van der Waals surface area contributed by atoms with Crippen molar-refractivity contribution in [3.63, 3.8) is 0 Å². The summed E-state index contributed by atoms with van der Waals surface area (Å²) in [7, 11) is 1.16. The van der Waals surface area contributed by atoms with Crippen molar-refractivity contribution < 1.29 is 22.7 Å². The van der Waals surface area contributed by atoms with E-state index in [1.165, 1.54) is 6.92 Å². The van der Waals surface area contributed by atoms with Crippen molar-refractivity contribution in [1.29, 1.82) is 0 Å². The van der Waals surface area contributed by atoms with E-state index in [1.807, 2.05) is 0 Å². The van der Waals surface area contributed by atoms with Crippen LogP contribution in [0.25, 0.3) is 0 Å². The zero-order chi connectivity index (χ0) is 12.3. The second-order valence-corrected chi connectivity index (χ2v) is 3.41. The molecule has 0 heterocycles. The number of rotatable bonds is 4. The highest BCUT2D eigenvalue weighted by atomic mass is 19.2. The molecule has 0 aliphatic carbocycles. The van der Waals surface area contributed by atoms with Gasteiger partial charge in [-0.3, -0.25) is 0 Å². The van der Waals surface area contributed by atoms with Gasteiger partial charge in [0.05, 0.1) is 7.11 Å². The maximum Gasteiger partial charge on any atom is 0.171 e. The van der Waals surface area contributed by atoms with E-state index in [4.69, 9.17) is 0 Å². The van der Waals surface area contributed by atoms with Gasteiger partial charge in [-0.2, -0.15) is 0 Å². The Kier molecular flexibility index (Phi) is 3.93. The van der Waals surface area contributed by atoms with Crippen LogP contribution in [0.15, 0.2) is 6.07 Å². The summed E-state index contributed by atoms with van der Waals surface area (Å²) in [6, 6.07) is 0.641. The minimum absolute atomic E-state index is 0.0829. The highest BCUT2D eigenvalue weighted by Gasteiger charge is 2.23. The Balaban J connectivity index is 3.34. The molecule has 0 radical (unpaired) electrons. The van der Waals surface area contributed by atoms with Gasteiger partial charge in [0.2, 0.25) is 0 Å². The summed E-state index contributed by atoms with van der Waals surface area (Å²) in [4.78, 5) is 10.3. The number of carbonyl (C=O) groups excluding carboxylic acids is 1. The number of ether oxygens (including phenoxy) is 1. The monoisotopic (exact) mass is 232 g/mol. The summed E-state index contributed by atoms with van der Waals surface area (Å²) < 4.78 is 44.7. The molecule has 1 rings (SSSR count). The molecule has 0 N–H and O–H groups in total. The molecule has 16 heavy (non-hydrogen) atoms. The smallest absolute Gasteiger partial charge is 0.171 e. The first kappa shape index (κ1) is 12.5. The number of hydrogen-bond donors (Lipinski definition) is 0. The first-order chi connectivity index (χ1) is 7.52. The molecule has 0 saturated carbocycles. The van der Waals surface area contributed by atoms with Crippen LogP contribution in [0, 0.1) is 17.5 Å². The summed E-state index contributed by atoms with van der Waals surface area (Å²) in [5.41, 5.74) is -0.455. The minimum atomic E-state index is -1.27. The van der Waals surface area contributed by atoms with Gasteiger partial charge in [-0.25, -0.2) is 13.2 Å². The summed E-state index contributed by atoms with van der Waals surface area (Å²) in [5.74, 6) is -4.52. The zero-order valence-corrected chi connectivity index (χ0v) is 8.89. The summed E-state index contributed by atoms with van der Waals surface area (Å²) in [6.07, 6.45) is 0.446. The second kappa shape index (κ2) is 5.01. The fourth-order valence-electron chi connectivity index (χ4n) is 1.44. The Hall–Kier alpha value is -1.52. The zero-order valence-electron chi connectivity index (χ0n) is 8.89. The predicted molar refractivity (Wildman–Crippen MR) is 52.0 cm³/mol. The van der Waals surface area contributed by atoms with E-state index in [1.54, 1.807) is 0 Å². The normalized spacial score (nSPS) is 12.3. The Morgan fingerprint density at radius 3 is 2.50 bits per heavy atom. The second-order valence-electron chi connectivity index (χ2n) is 3.41. The largest absolute Gasteiger partial charge is 0.494 e. The molecule has 0 amide bonds. The molecule has 0 aliphatic heterocycles. The standard InChI is InChI=1S/C11H11F3O2/c1-6(3-4-15)9-10(13)7(12)5-8(16-2)11(9)14/h4-6H,3H2,1-2H3. The third-order valence-electron chi connectivity index (χ3n) is 2.32. The van der Waals surface area contributed by atoms with Gasteiger partial charge in [0, 0.05) is 18.1 Å². The van der Waals surface area contributed by atoms with Gasteiger partial charge in [-0.1, -0.05) is 6.92 Å². The third-order valence-corrected chi connectivity index (χ3v) is 2.32. The van der Waals surface area contributed by atoms with Gasteiger partial charge in [0.15, 0.2) is 23.2 Å². The molecule has 0 spiro atoms. The van der Waals surface area contributed by atoms with Crippen molar-refractivity contribution >= 4 is 6.29 Å². The SMILES string of the molecule is COc1cc(F)c(F)c(C(C)CC=O)c1F. The van der Waals surface area contributed by atoms with Crippen LogP contribution < -0.4 is 4.74 Å². The lowest BCUT2D eigenvalue weighted by Crippen LogP contribution is -2.06. The van der Waals surface area contributed by atoms with Crippen LogP contribution in [0.1, 0.15) is 24.8 Å². The molecule has 0 saturated heterocycles. The lowest BCUT2D eigenvalue weighted by Gasteiger charge is -2.13. The fraction of sp³-hybridized carbons (Fsp3) is 0.364. The van der Waals surface area contributed by atoms with Crippen LogP contribution in [0.3, 0.4) is 0 Å². The number of carbonyl (C=O) groups is 1.